The standard InChI is InChI=1S/C16H24N2O2/c1-4-10-18(11-12-19)16(20)17-15(13(2)3)14-8-6-5-7-9-14/h4-9,13,15,19H,1,10-12H2,2-3H3,(H,17,20). The van der Waals surface area contributed by atoms with Crippen LogP contribution in [0.15, 0.2) is 43.0 Å². The number of nitrogens with one attached hydrogen (secondary N) is 1. The average Bonchev–Trinajstić information content (AvgIpc) is 2.45. The van der Waals surface area contributed by atoms with Crippen molar-refractivity contribution in [3.8, 4) is 0 Å². The third kappa shape index (κ3) is 4.70. The molecule has 4 heteroatoms. The third-order valence-corrected chi connectivity index (χ3v) is 3.11. The predicted octanol–water partition coefficient (Wildman–Crippen LogP) is 2.57. The normalized spacial score (nSPS) is 12.0. The summed E-state index contributed by atoms with van der Waals surface area (Å²) in [6.45, 7) is 8.45. The van der Waals surface area contributed by atoms with Crippen molar-refractivity contribution in [3.05, 3.63) is 48.6 Å². The Morgan fingerprint density at radius 1 is 1.40 bits per heavy atom. The van der Waals surface area contributed by atoms with Crippen molar-refractivity contribution in [2.24, 2.45) is 5.92 Å². The summed E-state index contributed by atoms with van der Waals surface area (Å²) in [6.07, 6.45) is 1.65. The van der Waals surface area contributed by atoms with Crippen LogP contribution < -0.4 is 5.32 Å². The number of hydrogen-bond acceptors (Lipinski definition) is 2. The van der Waals surface area contributed by atoms with Crippen molar-refractivity contribution in [2.75, 3.05) is 19.7 Å². The first-order valence-electron chi connectivity index (χ1n) is 6.92. The number of rotatable bonds is 7. The Morgan fingerprint density at radius 2 is 2.05 bits per heavy atom. The lowest BCUT2D eigenvalue weighted by Gasteiger charge is -2.27. The molecule has 20 heavy (non-hydrogen) atoms. The van der Waals surface area contributed by atoms with Crippen LogP contribution >= 0.6 is 0 Å². The van der Waals surface area contributed by atoms with Gasteiger partial charge in [-0.1, -0.05) is 50.3 Å². The maximum Gasteiger partial charge on any atom is 0.318 e. The molecule has 4 nitrogen and oxygen atoms in total. The molecule has 0 bridgehead atoms. The fourth-order valence-corrected chi connectivity index (χ4v) is 2.07. The monoisotopic (exact) mass is 276 g/mol. The number of nitrogens with zero attached hydrogens (tertiary/aromatic N) is 1. The van der Waals surface area contributed by atoms with Gasteiger partial charge < -0.3 is 15.3 Å². The van der Waals surface area contributed by atoms with Gasteiger partial charge in [0.25, 0.3) is 0 Å². The lowest BCUT2D eigenvalue weighted by Crippen LogP contribution is -2.44. The summed E-state index contributed by atoms with van der Waals surface area (Å²) >= 11 is 0. The molecule has 0 radical (unpaired) electrons. The maximum atomic E-state index is 12.3. The molecule has 0 aliphatic rings. The highest BCUT2D eigenvalue weighted by Gasteiger charge is 2.20. The van der Waals surface area contributed by atoms with Gasteiger partial charge in [0.2, 0.25) is 0 Å². The van der Waals surface area contributed by atoms with E-state index in [-0.39, 0.29) is 24.6 Å². The second kappa shape index (κ2) is 8.38. The minimum absolute atomic E-state index is 0.0466. The van der Waals surface area contributed by atoms with Crippen LogP contribution in [0, 0.1) is 5.92 Å². The van der Waals surface area contributed by atoms with Gasteiger partial charge >= 0.3 is 6.03 Å². The molecule has 2 N–H and O–H groups in total. The van der Waals surface area contributed by atoms with Crippen molar-refractivity contribution in [2.45, 2.75) is 19.9 Å². The number of benzene rings is 1. The molecule has 1 aromatic carbocycles. The van der Waals surface area contributed by atoms with E-state index in [1.165, 1.54) is 0 Å². The molecule has 0 fully saturated rings. The first kappa shape index (κ1) is 16.2. The summed E-state index contributed by atoms with van der Waals surface area (Å²) in [7, 11) is 0. The van der Waals surface area contributed by atoms with Crippen molar-refractivity contribution >= 4 is 6.03 Å². The predicted molar refractivity (Wildman–Crippen MR) is 81.4 cm³/mol. The molecule has 0 heterocycles. The highest BCUT2D eigenvalue weighted by molar-refractivity contribution is 5.75. The highest BCUT2D eigenvalue weighted by Crippen LogP contribution is 2.21. The number of aliphatic hydroxyl groups is 1. The molecular formula is C16H24N2O2. The fourth-order valence-electron chi connectivity index (χ4n) is 2.07. The van der Waals surface area contributed by atoms with Gasteiger partial charge in [-0.25, -0.2) is 4.79 Å². The lowest BCUT2D eigenvalue weighted by molar-refractivity contribution is 0.177. The number of hydrogen-bond donors (Lipinski definition) is 2. The van der Waals surface area contributed by atoms with Crippen LogP contribution in [0.1, 0.15) is 25.5 Å². The topological polar surface area (TPSA) is 52.6 Å². The average molecular weight is 276 g/mol. The molecule has 110 valence electrons. The minimum Gasteiger partial charge on any atom is -0.395 e. The lowest BCUT2D eigenvalue weighted by atomic mass is 9.96. The Bertz CT molecular complexity index is 418. The molecule has 0 saturated carbocycles. The molecule has 1 aromatic rings. The molecule has 0 aliphatic heterocycles. The second-order valence-electron chi connectivity index (χ2n) is 5.04. The van der Waals surface area contributed by atoms with Crippen LogP contribution in [0.3, 0.4) is 0 Å². The number of carbonyl (C=O) groups excluding carboxylic acids is 1. The SMILES string of the molecule is C=CCN(CCO)C(=O)NC(c1ccccc1)C(C)C. The Hall–Kier alpha value is -1.81. The van der Waals surface area contributed by atoms with Gasteiger partial charge in [0.1, 0.15) is 0 Å². The molecule has 0 spiro atoms. The van der Waals surface area contributed by atoms with Crippen LogP contribution in [-0.4, -0.2) is 35.7 Å². The van der Waals surface area contributed by atoms with Crippen LogP contribution in [-0.2, 0) is 0 Å². The Morgan fingerprint density at radius 3 is 2.55 bits per heavy atom. The summed E-state index contributed by atoms with van der Waals surface area (Å²) < 4.78 is 0. The van der Waals surface area contributed by atoms with Crippen molar-refractivity contribution < 1.29 is 9.90 Å². The van der Waals surface area contributed by atoms with E-state index in [1.54, 1.807) is 11.0 Å². The van der Waals surface area contributed by atoms with Gasteiger partial charge in [-0.2, -0.15) is 0 Å². The third-order valence-electron chi connectivity index (χ3n) is 3.11. The van der Waals surface area contributed by atoms with Gasteiger partial charge in [-0.3, -0.25) is 0 Å². The Kier molecular flexibility index (Phi) is 6.81. The van der Waals surface area contributed by atoms with E-state index >= 15 is 0 Å². The van der Waals surface area contributed by atoms with Crippen LogP contribution in [0.2, 0.25) is 0 Å². The molecule has 0 aromatic heterocycles. The van der Waals surface area contributed by atoms with Gasteiger partial charge in [-0.05, 0) is 11.5 Å². The zero-order valence-corrected chi connectivity index (χ0v) is 12.2. The first-order chi connectivity index (χ1) is 9.60. The number of carbonyl (C=O) groups is 1. The molecule has 1 rings (SSSR count). The molecule has 2 amide bonds. The van der Waals surface area contributed by atoms with Crippen LogP contribution in [0.4, 0.5) is 4.79 Å². The van der Waals surface area contributed by atoms with E-state index in [2.05, 4.69) is 25.7 Å². The summed E-state index contributed by atoms with van der Waals surface area (Å²) in [4.78, 5) is 13.8. The number of amides is 2. The van der Waals surface area contributed by atoms with Gasteiger partial charge in [0.15, 0.2) is 0 Å². The van der Waals surface area contributed by atoms with Crippen LogP contribution in [0.5, 0.6) is 0 Å². The smallest absolute Gasteiger partial charge is 0.318 e. The number of aliphatic hydroxyl groups excluding tert-OH is 1. The molecule has 1 unspecified atom stereocenters. The molecule has 1 atom stereocenters. The summed E-state index contributed by atoms with van der Waals surface area (Å²) in [5, 5.41) is 12.0. The van der Waals surface area contributed by atoms with E-state index in [9.17, 15) is 4.79 Å². The fraction of sp³-hybridized carbons (Fsp3) is 0.438. The summed E-state index contributed by atoms with van der Waals surface area (Å²) in [6, 6.07) is 9.68. The first-order valence-corrected chi connectivity index (χ1v) is 6.92. The second-order valence-corrected chi connectivity index (χ2v) is 5.04. The molecule has 0 saturated heterocycles. The summed E-state index contributed by atoms with van der Waals surface area (Å²) in [5.74, 6) is 0.279. The molecular weight excluding hydrogens is 252 g/mol. The Balaban J connectivity index is 2.79. The van der Waals surface area contributed by atoms with E-state index < -0.39 is 0 Å². The largest absolute Gasteiger partial charge is 0.395 e. The Labute approximate surface area is 121 Å². The van der Waals surface area contributed by atoms with Gasteiger partial charge in [-0.15, -0.1) is 6.58 Å². The van der Waals surface area contributed by atoms with E-state index in [1.807, 2.05) is 30.3 Å². The van der Waals surface area contributed by atoms with Crippen molar-refractivity contribution in [1.82, 2.24) is 10.2 Å². The van der Waals surface area contributed by atoms with E-state index in [0.29, 0.717) is 13.1 Å². The molecule has 0 aliphatic carbocycles. The van der Waals surface area contributed by atoms with Crippen LogP contribution in [0.25, 0.3) is 0 Å². The van der Waals surface area contributed by atoms with Crippen molar-refractivity contribution in [1.29, 1.82) is 0 Å². The minimum atomic E-state index is -0.179. The number of urea groups is 1. The maximum absolute atomic E-state index is 12.3. The summed E-state index contributed by atoms with van der Waals surface area (Å²) in [5.41, 5.74) is 1.08. The van der Waals surface area contributed by atoms with Crippen molar-refractivity contribution in [3.63, 3.8) is 0 Å². The zero-order chi connectivity index (χ0) is 15.0. The zero-order valence-electron chi connectivity index (χ0n) is 12.2. The highest BCUT2D eigenvalue weighted by atomic mass is 16.3. The van der Waals surface area contributed by atoms with E-state index in [4.69, 9.17) is 5.11 Å². The van der Waals surface area contributed by atoms with Gasteiger partial charge in [0.05, 0.1) is 12.6 Å². The quantitative estimate of drug-likeness (QED) is 0.752. The van der Waals surface area contributed by atoms with E-state index in [0.717, 1.165) is 5.56 Å². The van der Waals surface area contributed by atoms with Gasteiger partial charge in [0, 0.05) is 13.1 Å².